The van der Waals surface area contributed by atoms with Gasteiger partial charge in [-0.3, -0.25) is 19.6 Å². The first-order chi connectivity index (χ1) is 36.9. The number of aromatic nitrogens is 2. The standard InChI is InChI=1S/2C30H29N5O3.CH4.2ClH/c2*1-4-37-28-18-26-25(17-27(28)34-29(36)11-8-16-35(2)3)30(21(19-31)20-32-26)33-22-12-14-24(15-13-22)38-23-9-6-5-7-10-23;;;/h2*5-15,17-18,20H,4,16H2,1-3H3,(H,32,33)(H,34,36);1H4;2*1H/b2*11-8+;;;. The van der Waals surface area contributed by atoms with Crippen molar-refractivity contribution < 1.29 is 28.5 Å². The van der Waals surface area contributed by atoms with Crippen molar-refractivity contribution in [1.29, 1.82) is 10.5 Å². The summed E-state index contributed by atoms with van der Waals surface area (Å²) in [6, 6.07) is 45.5. The molecular weight excluding hydrogens is 1040 g/mol. The van der Waals surface area contributed by atoms with Gasteiger partial charge in [0, 0.05) is 71.9 Å². The van der Waals surface area contributed by atoms with E-state index in [0.29, 0.717) is 105 Å². The maximum atomic E-state index is 12.6. The zero-order valence-electron chi connectivity index (χ0n) is 43.9. The van der Waals surface area contributed by atoms with Crippen LogP contribution in [0.3, 0.4) is 0 Å². The van der Waals surface area contributed by atoms with Crippen LogP contribution >= 0.6 is 24.8 Å². The van der Waals surface area contributed by atoms with E-state index in [2.05, 4.69) is 43.4 Å². The third kappa shape index (κ3) is 18.0. The Hall–Kier alpha value is -9.16. The van der Waals surface area contributed by atoms with E-state index in [4.69, 9.17) is 18.9 Å². The Morgan fingerprint density at radius 1 is 0.544 bits per heavy atom. The lowest BCUT2D eigenvalue weighted by Crippen LogP contribution is -2.13. The lowest BCUT2D eigenvalue weighted by Gasteiger charge is -2.16. The molecule has 2 aromatic heterocycles. The topological polar surface area (TPSA) is 199 Å². The number of nitrogens with one attached hydrogen (secondary N) is 4. The second kappa shape index (κ2) is 31.2. The smallest absolute Gasteiger partial charge is 0.248 e. The first kappa shape index (κ1) is 62.4. The monoisotopic (exact) mass is 1100 g/mol. The molecule has 8 aromatic rings. The normalized spacial score (nSPS) is 10.5. The number of carbonyl (C=O) groups excluding carboxylic acids is 2. The summed E-state index contributed by atoms with van der Waals surface area (Å²) < 4.78 is 23.3. The SMILES string of the molecule is C.CCOc1cc2ncc(C#N)c(Nc3ccc(Oc4ccccc4)cc3)c2cc1NC(=O)/C=C/CN(C)C.CCOc1cc2ncc(C#N)c(Nc3ccc(Oc4ccccc4)cc3)c2cc1NC(=O)/C=C/CN(C)C.Cl.Cl. The fourth-order valence-electron chi connectivity index (χ4n) is 7.46. The lowest BCUT2D eigenvalue weighted by molar-refractivity contribution is -0.112. The molecule has 16 nitrogen and oxygen atoms in total. The zero-order valence-corrected chi connectivity index (χ0v) is 45.6. The maximum absolute atomic E-state index is 12.6. The fourth-order valence-corrected chi connectivity index (χ4v) is 7.46. The highest BCUT2D eigenvalue weighted by molar-refractivity contribution is 6.06. The third-order valence-corrected chi connectivity index (χ3v) is 11.0. The summed E-state index contributed by atoms with van der Waals surface area (Å²) in [6.07, 6.45) is 9.59. The predicted molar refractivity (Wildman–Crippen MR) is 322 cm³/mol. The van der Waals surface area contributed by atoms with Gasteiger partial charge < -0.3 is 50.0 Å². The average molecular weight is 1100 g/mol. The largest absolute Gasteiger partial charge is 0.492 e. The molecule has 0 fully saturated rings. The summed E-state index contributed by atoms with van der Waals surface area (Å²) in [5.74, 6) is 3.32. The van der Waals surface area contributed by atoms with Crippen LogP contribution in [0.5, 0.6) is 34.5 Å². The molecule has 0 atom stereocenters. The van der Waals surface area contributed by atoms with Crippen molar-refractivity contribution in [1.82, 2.24) is 19.8 Å². The first-order valence-electron chi connectivity index (χ1n) is 24.4. The Morgan fingerprint density at radius 2 is 0.899 bits per heavy atom. The second-order valence-corrected chi connectivity index (χ2v) is 17.4. The van der Waals surface area contributed by atoms with Gasteiger partial charge in [-0.25, -0.2) is 0 Å². The van der Waals surface area contributed by atoms with E-state index in [-0.39, 0.29) is 44.1 Å². The van der Waals surface area contributed by atoms with Crippen molar-refractivity contribution in [3.8, 4) is 46.6 Å². The molecule has 0 bridgehead atoms. The third-order valence-electron chi connectivity index (χ3n) is 11.0. The van der Waals surface area contributed by atoms with Crippen LogP contribution in [-0.4, -0.2) is 86.1 Å². The molecule has 0 spiro atoms. The highest BCUT2D eigenvalue weighted by Crippen LogP contribution is 2.38. The number of nitrogens with zero attached hydrogens (tertiary/aromatic N) is 6. The van der Waals surface area contributed by atoms with Crippen LogP contribution in [-0.2, 0) is 9.59 Å². The van der Waals surface area contributed by atoms with Gasteiger partial charge in [0.25, 0.3) is 0 Å². The molecule has 0 saturated carbocycles. The van der Waals surface area contributed by atoms with Gasteiger partial charge >= 0.3 is 0 Å². The Kier molecular flexibility index (Phi) is 24.6. The van der Waals surface area contributed by atoms with E-state index < -0.39 is 0 Å². The summed E-state index contributed by atoms with van der Waals surface area (Å²) >= 11 is 0. The van der Waals surface area contributed by atoms with E-state index in [1.54, 1.807) is 36.4 Å². The number of para-hydroxylation sites is 2. The molecule has 0 unspecified atom stereocenters. The summed E-state index contributed by atoms with van der Waals surface area (Å²) in [6.45, 7) is 5.87. The average Bonchev–Trinajstić information content (AvgIpc) is 3.41. The fraction of sp³-hybridized carbons (Fsp3) is 0.180. The number of ether oxygens (including phenoxy) is 4. The minimum atomic E-state index is -0.278. The summed E-state index contributed by atoms with van der Waals surface area (Å²) in [5, 5.41) is 33.4. The van der Waals surface area contributed by atoms with Gasteiger partial charge in [-0.1, -0.05) is 56.0 Å². The van der Waals surface area contributed by atoms with Crippen molar-refractivity contribution >= 4 is 92.6 Å². The van der Waals surface area contributed by atoms with Gasteiger partial charge in [0.1, 0.15) is 46.6 Å². The quantitative estimate of drug-likeness (QED) is 0.0526. The van der Waals surface area contributed by atoms with Crippen LogP contribution in [0.4, 0.5) is 34.1 Å². The van der Waals surface area contributed by atoms with E-state index in [0.717, 1.165) is 22.9 Å². The Morgan fingerprint density at radius 3 is 1.23 bits per heavy atom. The van der Waals surface area contributed by atoms with Crippen LogP contribution in [0.25, 0.3) is 21.8 Å². The molecule has 8 rings (SSSR count). The predicted octanol–water partition coefficient (Wildman–Crippen LogP) is 13.7. The second-order valence-electron chi connectivity index (χ2n) is 17.4. The number of likely N-dealkylation sites (N-methyl/N-ethyl adjacent to an activating group) is 2. The van der Waals surface area contributed by atoms with Gasteiger partial charge in [0.05, 0.1) is 58.1 Å². The van der Waals surface area contributed by atoms with Crippen LogP contribution in [0.2, 0.25) is 0 Å². The molecular formula is C61H64Cl2N10O6. The number of hydrogen-bond donors (Lipinski definition) is 4. The van der Waals surface area contributed by atoms with E-state index in [1.807, 2.05) is 161 Å². The van der Waals surface area contributed by atoms with Crippen molar-refractivity contribution in [3.63, 3.8) is 0 Å². The highest BCUT2D eigenvalue weighted by Gasteiger charge is 2.18. The number of rotatable bonds is 20. The molecule has 0 aliphatic carbocycles. The number of nitriles is 2. The molecule has 2 amide bonds. The van der Waals surface area contributed by atoms with Crippen LogP contribution in [0.15, 0.2) is 170 Å². The molecule has 0 aliphatic rings. The summed E-state index contributed by atoms with van der Waals surface area (Å²) in [7, 11) is 7.71. The first-order valence-corrected chi connectivity index (χ1v) is 24.4. The zero-order chi connectivity index (χ0) is 53.8. The van der Waals surface area contributed by atoms with E-state index in [9.17, 15) is 20.1 Å². The molecule has 6 aromatic carbocycles. The van der Waals surface area contributed by atoms with Crippen molar-refractivity contribution in [2.75, 3.05) is 75.8 Å². The molecule has 408 valence electrons. The minimum absolute atomic E-state index is 0. The Bertz CT molecular complexity index is 3190. The molecule has 4 N–H and O–H groups in total. The number of pyridine rings is 2. The van der Waals surface area contributed by atoms with Gasteiger partial charge in [0.15, 0.2) is 0 Å². The van der Waals surface area contributed by atoms with Gasteiger partial charge in [-0.05, 0) is 127 Å². The number of fused-ring (bicyclic) bond motifs is 2. The minimum Gasteiger partial charge on any atom is -0.492 e. The number of benzene rings is 6. The molecule has 2 heterocycles. The molecule has 18 heteroatoms. The molecule has 0 radical (unpaired) electrons. The number of hydrogen-bond acceptors (Lipinski definition) is 14. The van der Waals surface area contributed by atoms with Gasteiger partial charge in [-0.2, -0.15) is 10.5 Å². The maximum Gasteiger partial charge on any atom is 0.248 e. The van der Waals surface area contributed by atoms with Crippen molar-refractivity contribution in [2.24, 2.45) is 0 Å². The van der Waals surface area contributed by atoms with Crippen LogP contribution < -0.4 is 40.2 Å². The molecule has 0 aliphatic heterocycles. The lowest BCUT2D eigenvalue weighted by atomic mass is 10.1. The van der Waals surface area contributed by atoms with Crippen molar-refractivity contribution in [3.05, 3.63) is 181 Å². The highest BCUT2D eigenvalue weighted by atomic mass is 35.5. The number of halogens is 2. The number of amides is 2. The van der Waals surface area contributed by atoms with E-state index in [1.165, 1.54) is 24.5 Å². The number of carbonyl (C=O) groups is 2. The van der Waals surface area contributed by atoms with Crippen LogP contribution in [0, 0.1) is 22.7 Å². The molecule has 0 saturated heterocycles. The van der Waals surface area contributed by atoms with Gasteiger partial charge in [0.2, 0.25) is 11.8 Å². The van der Waals surface area contributed by atoms with Gasteiger partial charge in [-0.15, -0.1) is 24.8 Å². The Labute approximate surface area is 474 Å². The summed E-state index contributed by atoms with van der Waals surface area (Å²) in [5.41, 5.74) is 5.66. The van der Waals surface area contributed by atoms with E-state index >= 15 is 0 Å². The number of anilines is 6. The summed E-state index contributed by atoms with van der Waals surface area (Å²) in [4.78, 5) is 38.0. The Balaban J connectivity index is 0.000000328. The molecule has 79 heavy (non-hydrogen) atoms. The van der Waals surface area contributed by atoms with Crippen LogP contribution in [0.1, 0.15) is 32.4 Å². The van der Waals surface area contributed by atoms with Crippen molar-refractivity contribution in [2.45, 2.75) is 21.3 Å².